The number of thiocarbonyl (C=S) groups is 1. The Bertz CT molecular complexity index is 951. The summed E-state index contributed by atoms with van der Waals surface area (Å²) in [5.41, 5.74) is -0.691. The van der Waals surface area contributed by atoms with Crippen molar-refractivity contribution in [2.24, 2.45) is 0 Å². The molecular weight excluding hydrogens is 384 g/mol. The molecule has 0 atom stereocenters. The Morgan fingerprint density at radius 3 is 2.11 bits per heavy atom. The van der Waals surface area contributed by atoms with Gasteiger partial charge in [-0.15, -0.1) is 0 Å². The fourth-order valence-corrected chi connectivity index (χ4v) is 2.70. The lowest BCUT2D eigenvalue weighted by Crippen LogP contribution is -2.54. The lowest BCUT2D eigenvalue weighted by molar-refractivity contribution is -0.137. The summed E-state index contributed by atoms with van der Waals surface area (Å²) >= 11 is 5.00. The van der Waals surface area contributed by atoms with Crippen LogP contribution in [0.15, 0.2) is 54.1 Å². The lowest BCUT2D eigenvalue weighted by Gasteiger charge is -2.28. The molecule has 0 aromatic heterocycles. The largest absolute Gasteiger partial charge is 0.416 e. The average Bonchev–Trinajstić information content (AvgIpc) is 2.60. The Balaban J connectivity index is 1.95. The van der Waals surface area contributed by atoms with E-state index in [9.17, 15) is 27.2 Å². The zero-order chi connectivity index (χ0) is 19.8. The molecule has 2 amide bonds. The molecule has 4 nitrogen and oxygen atoms in total. The minimum Gasteiger partial charge on any atom is -0.298 e. The van der Waals surface area contributed by atoms with Gasteiger partial charge < -0.3 is 0 Å². The molecule has 9 heteroatoms. The highest BCUT2D eigenvalue weighted by molar-refractivity contribution is 7.80. The second-order valence-electron chi connectivity index (χ2n) is 5.55. The summed E-state index contributed by atoms with van der Waals surface area (Å²) in [6.07, 6.45) is -3.33. The van der Waals surface area contributed by atoms with Crippen LogP contribution in [0, 0.1) is 5.82 Å². The van der Waals surface area contributed by atoms with Crippen molar-refractivity contribution < 1.29 is 27.2 Å². The summed E-state index contributed by atoms with van der Waals surface area (Å²) in [7, 11) is 0. The van der Waals surface area contributed by atoms with E-state index in [-0.39, 0.29) is 21.9 Å². The number of carbonyl (C=O) groups excluding carboxylic acids is 2. The fourth-order valence-electron chi connectivity index (χ4n) is 2.42. The first kappa shape index (κ1) is 18.7. The van der Waals surface area contributed by atoms with Crippen molar-refractivity contribution >= 4 is 40.9 Å². The number of rotatable bonds is 2. The van der Waals surface area contributed by atoms with Crippen molar-refractivity contribution in [1.29, 1.82) is 0 Å². The summed E-state index contributed by atoms with van der Waals surface area (Å²) in [5.74, 6) is -2.06. The highest BCUT2D eigenvalue weighted by Crippen LogP contribution is 2.29. The van der Waals surface area contributed by atoms with Gasteiger partial charge in [0, 0.05) is 0 Å². The van der Waals surface area contributed by atoms with Gasteiger partial charge in [0.05, 0.1) is 11.3 Å². The van der Waals surface area contributed by atoms with Crippen LogP contribution in [0.25, 0.3) is 6.08 Å². The van der Waals surface area contributed by atoms with Crippen LogP contribution in [0.3, 0.4) is 0 Å². The number of hydrogen-bond acceptors (Lipinski definition) is 3. The van der Waals surface area contributed by atoms with Gasteiger partial charge in [0.1, 0.15) is 11.4 Å². The standard InChI is InChI=1S/C18H10F4N2O2S/c19-12-5-7-13(8-6-12)24-16(26)14(15(25)23-17(24)27)9-10-1-3-11(4-2-10)18(20,21)22/h1-9H,(H,23,25,27)/b14-9+. The van der Waals surface area contributed by atoms with Gasteiger partial charge in [0.15, 0.2) is 5.11 Å². The van der Waals surface area contributed by atoms with Crippen LogP contribution in [0.2, 0.25) is 0 Å². The Morgan fingerprint density at radius 1 is 0.963 bits per heavy atom. The van der Waals surface area contributed by atoms with E-state index >= 15 is 0 Å². The maximum atomic E-state index is 13.1. The topological polar surface area (TPSA) is 49.4 Å². The first-order valence-electron chi connectivity index (χ1n) is 7.51. The van der Waals surface area contributed by atoms with Gasteiger partial charge in [-0.05, 0) is 60.3 Å². The summed E-state index contributed by atoms with van der Waals surface area (Å²) in [5, 5.41) is 2.15. The van der Waals surface area contributed by atoms with Gasteiger partial charge in [-0.25, -0.2) is 4.39 Å². The van der Waals surface area contributed by atoms with Gasteiger partial charge >= 0.3 is 6.18 Å². The number of nitrogens with zero attached hydrogens (tertiary/aromatic N) is 1. The first-order chi connectivity index (χ1) is 12.7. The zero-order valence-corrected chi connectivity index (χ0v) is 14.2. The molecule has 0 bridgehead atoms. The van der Waals surface area contributed by atoms with Crippen molar-refractivity contribution in [1.82, 2.24) is 5.32 Å². The fraction of sp³-hybridized carbons (Fsp3) is 0.0556. The van der Waals surface area contributed by atoms with Gasteiger partial charge in [0.2, 0.25) is 0 Å². The highest BCUT2D eigenvalue weighted by Gasteiger charge is 2.34. The number of benzene rings is 2. The molecule has 1 aliphatic heterocycles. The second-order valence-corrected chi connectivity index (χ2v) is 5.94. The van der Waals surface area contributed by atoms with Crippen LogP contribution in [0.1, 0.15) is 11.1 Å². The summed E-state index contributed by atoms with van der Waals surface area (Å²) in [6, 6.07) is 8.86. The average molecular weight is 394 g/mol. The number of hydrogen-bond donors (Lipinski definition) is 1. The third-order valence-electron chi connectivity index (χ3n) is 3.74. The molecule has 0 unspecified atom stereocenters. The van der Waals surface area contributed by atoms with Crippen LogP contribution >= 0.6 is 12.2 Å². The van der Waals surface area contributed by atoms with Gasteiger partial charge in [-0.3, -0.25) is 19.8 Å². The highest BCUT2D eigenvalue weighted by atomic mass is 32.1. The Kier molecular flexibility index (Phi) is 4.79. The molecule has 138 valence electrons. The Morgan fingerprint density at radius 2 is 1.56 bits per heavy atom. The number of amides is 2. The van der Waals surface area contributed by atoms with Crippen molar-refractivity contribution in [2.45, 2.75) is 6.18 Å². The predicted molar refractivity (Wildman–Crippen MR) is 94.0 cm³/mol. The van der Waals surface area contributed by atoms with Gasteiger partial charge in [0.25, 0.3) is 11.8 Å². The number of halogens is 4. The van der Waals surface area contributed by atoms with Crippen LogP contribution in [-0.4, -0.2) is 16.9 Å². The molecule has 2 aromatic carbocycles. The van der Waals surface area contributed by atoms with E-state index in [4.69, 9.17) is 12.2 Å². The molecule has 1 N–H and O–H groups in total. The SMILES string of the molecule is O=C1NC(=S)N(c2ccc(F)cc2)C(=O)/C1=C/c1ccc(C(F)(F)F)cc1. The molecule has 0 spiro atoms. The molecule has 27 heavy (non-hydrogen) atoms. The maximum absolute atomic E-state index is 13.1. The number of carbonyl (C=O) groups is 2. The summed E-state index contributed by atoms with van der Waals surface area (Å²) in [4.78, 5) is 25.8. The van der Waals surface area contributed by atoms with Crippen molar-refractivity contribution in [3.05, 3.63) is 71.0 Å². The van der Waals surface area contributed by atoms with Gasteiger partial charge in [-0.2, -0.15) is 13.2 Å². The van der Waals surface area contributed by atoms with Crippen LogP contribution in [-0.2, 0) is 15.8 Å². The summed E-state index contributed by atoms with van der Waals surface area (Å²) < 4.78 is 51.0. The molecule has 1 saturated heterocycles. The monoisotopic (exact) mass is 394 g/mol. The number of alkyl halides is 3. The van der Waals surface area contributed by atoms with Crippen molar-refractivity contribution in [3.8, 4) is 0 Å². The van der Waals surface area contributed by atoms with Gasteiger partial charge in [-0.1, -0.05) is 12.1 Å². The smallest absolute Gasteiger partial charge is 0.298 e. The van der Waals surface area contributed by atoms with E-state index in [2.05, 4.69) is 5.32 Å². The molecule has 1 heterocycles. The van der Waals surface area contributed by atoms with E-state index in [0.717, 1.165) is 47.4 Å². The van der Waals surface area contributed by atoms with E-state index in [1.165, 1.54) is 12.1 Å². The Hall–Kier alpha value is -3.07. The second kappa shape index (κ2) is 6.92. The lowest BCUT2D eigenvalue weighted by atomic mass is 10.1. The van der Waals surface area contributed by atoms with E-state index in [1.54, 1.807) is 0 Å². The van der Waals surface area contributed by atoms with Crippen LogP contribution in [0.5, 0.6) is 0 Å². The van der Waals surface area contributed by atoms with Crippen molar-refractivity contribution in [2.75, 3.05) is 4.90 Å². The molecule has 1 fully saturated rings. The third-order valence-corrected chi connectivity index (χ3v) is 4.02. The zero-order valence-electron chi connectivity index (χ0n) is 13.4. The third kappa shape index (κ3) is 3.87. The van der Waals surface area contributed by atoms with E-state index < -0.39 is 29.4 Å². The molecule has 3 rings (SSSR count). The number of anilines is 1. The van der Waals surface area contributed by atoms with Crippen molar-refractivity contribution in [3.63, 3.8) is 0 Å². The molecule has 0 radical (unpaired) electrons. The maximum Gasteiger partial charge on any atom is 0.416 e. The quantitative estimate of drug-likeness (QED) is 0.366. The van der Waals surface area contributed by atoms with E-state index in [0.29, 0.717) is 0 Å². The molecule has 0 saturated carbocycles. The van der Waals surface area contributed by atoms with Crippen LogP contribution in [0.4, 0.5) is 23.2 Å². The predicted octanol–water partition coefficient (Wildman–Crippen LogP) is 3.68. The minimum atomic E-state index is -4.49. The van der Waals surface area contributed by atoms with E-state index in [1.807, 2.05) is 0 Å². The Labute approximate surface area is 156 Å². The summed E-state index contributed by atoms with van der Waals surface area (Å²) in [6.45, 7) is 0. The van der Waals surface area contributed by atoms with Crippen LogP contribution < -0.4 is 10.2 Å². The molecular formula is C18H10F4N2O2S. The molecule has 2 aromatic rings. The number of nitrogens with one attached hydrogen (secondary N) is 1. The first-order valence-corrected chi connectivity index (χ1v) is 7.92. The molecule has 1 aliphatic rings. The minimum absolute atomic E-state index is 0.179. The molecule has 0 aliphatic carbocycles. The normalized spacial score (nSPS) is 16.7.